The van der Waals surface area contributed by atoms with Gasteiger partial charge in [-0.15, -0.1) is 0 Å². The first kappa shape index (κ1) is 18.9. The minimum atomic E-state index is 0.0627. The molecular weight excluding hydrogens is 344 g/mol. The number of methoxy groups -OCH3 is 1. The zero-order chi connectivity index (χ0) is 19.2. The number of rotatable bonds is 7. The molecule has 1 aliphatic carbocycles. The molecule has 0 bridgehead atoms. The summed E-state index contributed by atoms with van der Waals surface area (Å²) in [6.45, 7) is 7.48. The highest BCUT2D eigenvalue weighted by Crippen LogP contribution is 2.52. The zero-order valence-corrected chi connectivity index (χ0v) is 16.9. The number of likely N-dealkylation sites (tertiary alicyclic amines) is 1. The van der Waals surface area contributed by atoms with Gasteiger partial charge in [0.15, 0.2) is 0 Å². The predicted octanol–water partition coefficient (Wildman–Crippen LogP) is 1.36. The van der Waals surface area contributed by atoms with Crippen LogP contribution in [-0.2, 0) is 21.3 Å². The Morgan fingerprint density at radius 1 is 1.44 bits per heavy atom. The van der Waals surface area contributed by atoms with Gasteiger partial charge in [0.2, 0.25) is 5.91 Å². The summed E-state index contributed by atoms with van der Waals surface area (Å²) >= 11 is 0. The van der Waals surface area contributed by atoms with E-state index in [-0.39, 0.29) is 23.3 Å². The Labute approximate surface area is 161 Å². The third kappa shape index (κ3) is 3.19. The van der Waals surface area contributed by atoms with Crippen LogP contribution >= 0.6 is 0 Å². The highest BCUT2D eigenvalue weighted by Gasteiger charge is 2.59. The Kier molecular flexibility index (Phi) is 5.03. The lowest BCUT2D eigenvalue weighted by Gasteiger charge is -2.55. The second kappa shape index (κ2) is 7.18. The van der Waals surface area contributed by atoms with Gasteiger partial charge in [0.05, 0.1) is 24.9 Å². The van der Waals surface area contributed by atoms with Crippen molar-refractivity contribution >= 4 is 5.91 Å². The van der Waals surface area contributed by atoms with Crippen LogP contribution in [0.1, 0.15) is 38.3 Å². The van der Waals surface area contributed by atoms with Crippen LogP contribution in [0.3, 0.4) is 0 Å². The third-order valence-electron chi connectivity index (χ3n) is 6.84. The second-order valence-electron chi connectivity index (χ2n) is 8.89. The van der Waals surface area contributed by atoms with E-state index in [9.17, 15) is 4.79 Å². The van der Waals surface area contributed by atoms with Gasteiger partial charge < -0.3 is 19.7 Å². The van der Waals surface area contributed by atoms with Gasteiger partial charge in [-0.1, -0.05) is 13.8 Å². The fourth-order valence-electron chi connectivity index (χ4n) is 5.56. The second-order valence-corrected chi connectivity index (χ2v) is 8.89. The first-order chi connectivity index (χ1) is 12.9. The summed E-state index contributed by atoms with van der Waals surface area (Å²) in [5, 5.41) is 8.14. The molecule has 2 saturated heterocycles. The average molecular weight is 377 g/mol. The highest BCUT2D eigenvalue weighted by molar-refractivity contribution is 5.79. The molecule has 7 nitrogen and oxygen atoms in total. The maximum absolute atomic E-state index is 12.7. The topological polar surface area (TPSA) is 68.6 Å². The van der Waals surface area contributed by atoms with Crippen molar-refractivity contribution in [3.8, 4) is 0 Å². The molecule has 1 saturated carbocycles. The van der Waals surface area contributed by atoms with Crippen LogP contribution in [0, 0.1) is 17.3 Å². The van der Waals surface area contributed by atoms with E-state index in [1.54, 1.807) is 7.11 Å². The molecule has 4 rings (SSSR count). The van der Waals surface area contributed by atoms with E-state index in [1.165, 1.54) is 0 Å². The van der Waals surface area contributed by atoms with Gasteiger partial charge in [0, 0.05) is 75.3 Å². The summed E-state index contributed by atoms with van der Waals surface area (Å²) in [5.74, 6) is 1.07. The molecule has 0 spiro atoms. The monoisotopic (exact) mass is 376 g/mol. The maximum atomic E-state index is 12.7. The summed E-state index contributed by atoms with van der Waals surface area (Å²) in [5.41, 5.74) is 1.27. The van der Waals surface area contributed by atoms with Gasteiger partial charge in [-0.3, -0.25) is 9.48 Å². The molecule has 0 aromatic carbocycles. The number of aromatic nitrogens is 2. The lowest BCUT2D eigenvalue weighted by Crippen LogP contribution is -2.66. The van der Waals surface area contributed by atoms with Crippen LogP contribution in [0.4, 0.5) is 0 Å². The summed E-state index contributed by atoms with van der Waals surface area (Å²) in [7, 11) is 3.60. The van der Waals surface area contributed by atoms with Gasteiger partial charge >= 0.3 is 0 Å². The minimum Gasteiger partial charge on any atom is -0.383 e. The van der Waals surface area contributed by atoms with E-state index < -0.39 is 0 Å². The van der Waals surface area contributed by atoms with E-state index in [0.717, 1.165) is 25.1 Å². The van der Waals surface area contributed by atoms with Crippen LogP contribution in [-0.4, -0.2) is 66.1 Å². The van der Waals surface area contributed by atoms with Crippen LogP contribution < -0.4 is 5.32 Å². The van der Waals surface area contributed by atoms with E-state index in [1.807, 2.05) is 29.0 Å². The quantitative estimate of drug-likeness (QED) is 0.778. The van der Waals surface area contributed by atoms with Gasteiger partial charge in [-0.25, -0.2) is 0 Å². The summed E-state index contributed by atoms with van der Waals surface area (Å²) in [6.07, 6.45) is 6.02. The standard InChI is InChI=1S/C20H32N4O3/c1-20(2)18(15-5-7-27-19(15)20)21-10-13-9-16(25)24(6-8-26-4)17(13)14-11-22-23(3)12-14/h11-13,15,17-19,21H,5-10H2,1-4H3/t13-,15-,17+,18+,19+/m0/s1. The lowest BCUT2D eigenvalue weighted by atomic mass is 9.57. The average Bonchev–Trinajstić information content (AvgIpc) is 3.31. The maximum Gasteiger partial charge on any atom is 0.223 e. The van der Waals surface area contributed by atoms with Crippen molar-refractivity contribution in [1.29, 1.82) is 0 Å². The zero-order valence-electron chi connectivity index (χ0n) is 16.9. The van der Waals surface area contributed by atoms with E-state index in [4.69, 9.17) is 9.47 Å². The number of nitrogens with one attached hydrogen (secondary N) is 1. The Balaban J connectivity index is 1.48. The van der Waals surface area contributed by atoms with Gasteiger partial charge in [0.25, 0.3) is 0 Å². The van der Waals surface area contributed by atoms with E-state index in [2.05, 4.69) is 24.3 Å². The number of nitrogens with zero attached hydrogens (tertiary/aromatic N) is 3. The van der Waals surface area contributed by atoms with Gasteiger partial charge in [0.1, 0.15) is 0 Å². The predicted molar refractivity (Wildman–Crippen MR) is 101 cm³/mol. The molecule has 5 atom stereocenters. The number of hydrogen-bond acceptors (Lipinski definition) is 5. The number of aryl methyl sites for hydroxylation is 1. The molecule has 3 fully saturated rings. The first-order valence-corrected chi connectivity index (χ1v) is 10.1. The molecule has 1 aromatic rings. The molecule has 150 valence electrons. The lowest BCUT2D eigenvalue weighted by molar-refractivity contribution is -0.129. The number of carbonyl (C=O) groups excluding carboxylic acids is 1. The Morgan fingerprint density at radius 3 is 2.96 bits per heavy atom. The van der Waals surface area contributed by atoms with Crippen molar-refractivity contribution in [2.45, 2.75) is 44.9 Å². The molecule has 1 amide bonds. The molecule has 1 N–H and O–H groups in total. The normalized spacial score (nSPS) is 34.7. The Morgan fingerprint density at radius 2 is 2.26 bits per heavy atom. The fraction of sp³-hybridized carbons (Fsp3) is 0.800. The van der Waals surface area contributed by atoms with Crippen molar-refractivity contribution in [2.75, 3.05) is 33.4 Å². The molecule has 2 aliphatic heterocycles. The van der Waals surface area contributed by atoms with Gasteiger partial charge in [-0.05, 0) is 6.42 Å². The molecule has 0 radical (unpaired) electrons. The summed E-state index contributed by atoms with van der Waals surface area (Å²) < 4.78 is 13.0. The van der Waals surface area contributed by atoms with Crippen LogP contribution in [0.5, 0.6) is 0 Å². The van der Waals surface area contributed by atoms with Crippen molar-refractivity contribution in [2.24, 2.45) is 24.3 Å². The number of ether oxygens (including phenoxy) is 2. The van der Waals surface area contributed by atoms with E-state index >= 15 is 0 Å². The summed E-state index contributed by atoms with van der Waals surface area (Å²) in [6, 6.07) is 0.523. The minimum absolute atomic E-state index is 0.0627. The molecule has 27 heavy (non-hydrogen) atoms. The number of hydrogen-bond donors (Lipinski definition) is 1. The molecular formula is C20H32N4O3. The number of amides is 1. The molecule has 1 aromatic heterocycles. The SMILES string of the molecule is COCCN1C(=O)C[C@@H](CN[C@@H]2[C@@H]3CCO[C@H]3C2(C)C)[C@@H]1c1cnn(C)c1. The number of fused-ring (bicyclic) bond motifs is 1. The molecule has 7 heteroatoms. The first-order valence-electron chi connectivity index (χ1n) is 10.1. The Hall–Kier alpha value is -1.44. The number of carbonyl (C=O) groups is 1. The van der Waals surface area contributed by atoms with Crippen molar-refractivity contribution in [1.82, 2.24) is 20.0 Å². The van der Waals surface area contributed by atoms with Gasteiger partial charge in [-0.2, -0.15) is 5.10 Å². The molecule has 3 aliphatic rings. The molecule has 0 unspecified atom stereocenters. The van der Waals surface area contributed by atoms with Crippen molar-refractivity contribution in [3.05, 3.63) is 18.0 Å². The van der Waals surface area contributed by atoms with Crippen molar-refractivity contribution < 1.29 is 14.3 Å². The molecule has 3 heterocycles. The summed E-state index contributed by atoms with van der Waals surface area (Å²) in [4.78, 5) is 14.7. The third-order valence-corrected chi connectivity index (χ3v) is 6.84. The highest BCUT2D eigenvalue weighted by atomic mass is 16.5. The smallest absolute Gasteiger partial charge is 0.223 e. The largest absolute Gasteiger partial charge is 0.383 e. The van der Waals surface area contributed by atoms with E-state index in [0.29, 0.717) is 37.6 Å². The Bertz CT molecular complexity index is 689. The van der Waals surface area contributed by atoms with Crippen LogP contribution in [0.2, 0.25) is 0 Å². The van der Waals surface area contributed by atoms with Crippen LogP contribution in [0.15, 0.2) is 12.4 Å². The van der Waals surface area contributed by atoms with Crippen LogP contribution in [0.25, 0.3) is 0 Å². The van der Waals surface area contributed by atoms with Crippen molar-refractivity contribution in [3.63, 3.8) is 0 Å². The fourth-order valence-corrected chi connectivity index (χ4v) is 5.56.